The Kier molecular flexibility index (Phi) is 3.75. The standard InChI is InChI=1S/C14H21F2NO4S/c15-14(16,22(19,20)21)12(18)17-8-13-6-9-1-3-11(13)4-2-10(5-9)7-13/h9-11H,1-8H2,(H,17,18)(H,19,20,21). The van der Waals surface area contributed by atoms with Gasteiger partial charge in [0.05, 0.1) is 0 Å². The van der Waals surface area contributed by atoms with E-state index in [0.717, 1.165) is 38.5 Å². The Morgan fingerprint density at radius 2 is 1.73 bits per heavy atom. The smallest absolute Gasteiger partial charge is 0.349 e. The molecule has 2 atom stereocenters. The highest BCUT2D eigenvalue weighted by molar-refractivity contribution is 7.87. The molecule has 3 saturated carbocycles. The number of rotatable bonds is 4. The van der Waals surface area contributed by atoms with Gasteiger partial charge in [-0.1, -0.05) is 12.8 Å². The van der Waals surface area contributed by atoms with Crippen LogP contribution < -0.4 is 5.32 Å². The van der Waals surface area contributed by atoms with Gasteiger partial charge in [-0.25, -0.2) is 0 Å². The Labute approximate surface area is 128 Å². The molecule has 5 nitrogen and oxygen atoms in total. The lowest BCUT2D eigenvalue weighted by Gasteiger charge is -2.57. The summed E-state index contributed by atoms with van der Waals surface area (Å²) in [5, 5.41) is -2.68. The molecule has 0 aromatic carbocycles. The van der Waals surface area contributed by atoms with E-state index in [2.05, 4.69) is 5.32 Å². The molecule has 3 fully saturated rings. The zero-order valence-electron chi connectivity index (χ0n) is 12.2. The first-order valence-corrected chi connectivity index (χ1v) is 9.21. The summed E-state index contributed by atoms with van der Waals surface area (Å²) >= 11 is 0. The van der Waals surface area contributed by atoms with Gasteiger partial charge in [0.15, 0.2) is 0 Å². The Hall–Kier alpha value is -0.760. The zero-order valence-corrected chi connectivity index (χ0v) is 13.0. The van der Waals surface area contributed by atoms with Gasteiger partial charge in [0.1, 0.15) is 0 Å². The second-order valence-corrected chi connectivity index (χ2v) is 8.73. The summed E-state index contributed by atoms with van der Waals surface area (Å²) < 4.78 is 56.4. The first kappa shape index (κ1) is 16.1. The maximum atomic E-state index is 13.3. The molecule has 3 rings (SSSR count). The maximum absolute atomic E-state index is 13.3. The predicted molar refractivity (Wildman–Crippen MR) is 74.7 cm³/mol. The fourth-order valence-corrected chi connectivity index (χ4v) is 5.35. The lowest BCUT2D eigenvalue weighted by molar-refractivity contribution is -0.138. The Morgan fingerprint density at radius 1 is 1.18 bits per heavy atom. The first-order valence-electron chi connectivity index (χ1n) is 7.77. The summed E-state index contributed by atoms with van der Waals surface area (Å²) in [5.74, 6) is -0.323. The van der Waals surface area contributed by atoms with Gasteiger partial charge in [0.25, 0.3) is 0 Å². The molecule has 0 aromatic heterocycles. The molecule has 0 spiro atoms. The van der Waals surface area contributed by atoms with Crippen LogP contribution in [0.25, 0.3) is 0 Å². The molecule has 0 heterocycles. The van der Waals surface area contributed by atoms with Crippen molar-refractivity contribution < 1.29 is 26.5 Å². The second-order valence-electron chi connectivity index (χ2n) is 7.26. The largest absolute Gasteiger partial charge is 0.446 e. The normalized spacial score (nSPS) is 37.9. The van der Waals surface area contributed by atoms with Crippen LogP contribution in [-0.4, -0.2) is 30.7 Å². The molecule has 8 heteroatoms. The van der Waals surface area contributed by atoms with E-state index in [4.69, 9.17) is 4.55 Å². The summed E-state index contributed by atoms with van der Waals surface area (Å²) in [6.45, 7) is 0.0780. The van der Waals surface area contributed by atoms with Crippen molar-refractivity contribution in [2.75, 3.05) is 6.54 Å². The number of hydrogen-bond donors (Lipinski definition) is 2. The average molecular weight is 337 g/mol. The van der Waals surface area contributed by atoms with Crippen LogP contribution in [-0.2, 0) is 14.9 Å². The number of carbonyl (C=O) groups is 1. The van der Waals surface area contributed by atoms with Crippen LogP contribution in [0.15, 0.2) is 0 Å². The summed E-state index contributed by atoms with van der Waals surface area (Å²) in [6.07, 6.45) is 7.47. The van der Waals surface area contributed by atoms with Crippen molar-refractivity contribution in [1.82, 2.24) is 5.32 Å². The van der Waals surface area contributed by atoms with E-state index in [-0.39, 0.29) is 12.0 Å². The first-order chi connectivity index (χ1) is 10.1. The van der Waals surface area contributed by atoms with Crippen LogP contribution in [0.1, 0.15) is 44.9 Å². The van der Waals surface area contributed by atoms with E-state index in [1.54, 1.807) is 0 Å². The molecule has 22 heavy (non-hydrogen) atoms. The Morgan fingerprint density at radius 3 is 2.23 bits per heavy atom. The van der Waals surface area contributed by atoms with Crippen molar-refractivity contribution in [3.8, 4) is 0 Å². The molecule has 3 aliphatic rings. The fourth-order valence-electron chi connectivity index (χ4n) is 5.04. The van der Waals surface area contributed by atoms with Gasteiger partial charge in [0, 0.05) is 6.54 Å². The van der Waals surface area contributed by atoms with Crippen molar-refractivity contribution >= 4 is 16.0 Å². The van der Waals surface area contributed by atoms with Crippen LogP contribution in [0, 0.1) is 23.2 Å². The highest BCUT2D eigenvalue weighted by atomic mass is 32.2. The summed E-state index contributed by atoms with van der Waals surface area (Å²) in [7, 11) is -5.73. The number of hydrogen-bond acceptors (Lipinski definition) is 3. The third-order valence-electron chi connectivity index (χ3n) is 5.96. The molecule has 3 aliphatic carbocycles. The predicted octanol–water partition coefficient (Wildman–Crippen LogP) is 2.19. The molecule has 3 bridgehead atoms. The fraction of sp³-hybridized carbons (Fsp3) is 0.929. The lowest BCUT2D eigenvalue weighted by Crippen LogP contribution is -2.55. The average Bonchev–Trinajstić information content (AvgIpc) is 2.41. The Bertz CT molecular complexity index is 561. The van der Waals surface area contributed by atoms with Crippen molar-refractivity contribution in [2.45, 2.75) is 50.2 Å². The summed E-state index contributed by atoms with van der Waals surface area (Å²) in [5.41, 5.74) is -0.172. The molecule has 0 radical (unpaired) electrons. The van der Waals surface area contributed by atoms with Gasteiger partial charge in [-0.15, -0.1) is 0 Å². The monoisotopic (exact) mass is 337 g/mol. The zero-order chi connectivity index (χ0) is 16.2. The third kappa shape index (κ3) is 2.54. The molecule has 2 N–H and O–H groups in total. The van der Waals surface area contributed by atoms with Crippen molar-refractivity contribution in [3.05, 3.63) is 0 Å². The lowest BCUT2D eigenvalue weighted by atomic mass is 9.49. The number of carbonyl (C=O) groups excluding carboxylic acids is 1. The van der Waals surface area contributed by atoms with E-state index < -0.39 is 21.3 Å². The van der Waals surface area contributed by atoms with Crippen LogP contribution >= 0.6 is 0 Å². The number of nitrogens with one attached hydrogen (secondary N) is 1. The highest BCUT2D eigenvalue weighted by Crippen LogP contribution is 2.59. The minimum absolute atomic E-state index is 0.0780. The van der Waals surface area contributed by atoms with Gasteiger partial charge in [-0.2, -0.15) is 17.2 Å². The van der Waals surface area contributed by atoms with Crippen LogP contribution in [0.4, 0.5) is 8.78 Å². The number of alkyl halides is 2. The van der Waals surface area contributed by atoms with Gasteiger partial charge in [-0.3, -0.25) is 9.35 Å². The van der Waals surface area contributed by atoms with Crippen LogP contribution in [0.2, 0.25) is 0 Å². The van der Waals surface area contributed by atoms with Crippen molar-refractivity contribution in [1.29, 1.82) is 0 Å². The number of halogens is 2. The molecular weight excluding hydrogens is 316 g/mol. The van der Waals surface area contributed by atoms with E-state index in [0.29, 0.717) is 17.8 Å². The van der Waals surface area contributed by atoms with E-state index in [1.807, 2.05) is 0 Å². The highest BCUT2D eigenvalue weighted by Gasteiger charge is 2.55. The maximum Gasteiger partial charge on any atom is 0.446 e. The number of fused-ring (bicyclic) bond motifs is 2. The molecule has 1 amide bonds. The minimum Gasteiger partial charge on any atom is -0.349 e. The topological polar surface area (TPSA) is 83.5 Å². The summed E-state index contributed by atoms with van der Waals surface area (Å²) in [4.78, 5) is 11.5. The summed E-state index contributed by atoms with van der Waals surface area (Å²) in [6, 6.07) is 0. The molecule has 0 aromatic rings. The number of amides is 1. The minimum atomic E-state index is -5.73. The van der Waals surface area contributed by atoms with Gasteiger partial charge < -0.3 is 5.32 Å². The molecular formula is C14H21F2NO4S. The molecule has 0 saturated heterocycles. The quantitative estimate of drug-likeness (QED) is 0.770. The van der Waals surface area contributed by atoms with E-state index in [9.17, 15) is 22.0 Å². The molecule has 2 unspecified atom stereocenters. The van der Waals surface area contributed by atoms with Gasteiger partial charge in [0.2, 0.25) is 0 Å². The molecule has 126 valence electrons. The second kappa shape index (κ2) is 5.12. The van der Waals surface area contributed by atoms with E-state index >= 15 is 0 Å². The molecule has 0 aliphatic heterocycles. The Balaban J connectivity index is 1.72. The van der Waals surface area contributed by atoms with Gasteiger partial charge in [-0.05, 0) is 55.3 Å². The van der Waals surface area contributed by atoms with Crippen LogP contribution in [0.3, 0.4) is 0 Å². The third-order valence-corrected chi connectivity index (χ3v) is 6.79. The van der Waals surface area contributed by atoms with Crippen molar-refractivity contribution in [3.63, 3.8) is 0 Å². The van der Waals surface area contributed by atoms with Crippen LogP contribution in [0.5, 0.6) is 0 Å². The SMILES string of the molecule is O=C(NCC12CC3CCC1CCC(C3)C2)C(F)(F)S(=O)(=O)O. The van der Waals surface area contributed by atoms with E-state index in [1.165, 1.54) is 6.42 Å². The van der Waals surface area contributed by atoms with Gasteiger partial charge >= 0.3 is 21.3 Å². The van der Waals surface area contributed by atoms with Crippen molar-refractivity contribution in [2.24, 2.45) is 23.2 Å².